The van der Waals surface area contributed by atoms with Gasteiger partial charge in [0.1, 0.15) is 35.6 Å². The Morgan fingerprint density at radius 3 is 2.25 bits per heavy atom. The van der Waals surface area contributed by atoms with Gasteiger partial charge in [-0.3, -0.25) is 43.9 Å². The summed E-state index contributed by atoms with van der Waals surface area (Å²) >= 11 is 0. The molecule has 0 bridgehead atoms. The summed E-state index contributed by atoms with van der Waals surface area (Å²) in [4.78, 5) is 94.2. The monoisotopic (exact) mass is 1030 g/mol. The van der Waals surface area contributed by atoms with Gasteiger partial charge in [0.05, 0.1) is 28.9 Å². The highest BCUT2D eigenvalue weighted by Gasteiger charge is 2.46. The van der Waals surface area contributed by atoms with Crippen molar-refractivity contribution in [2.24, 2.45) is 16.2 Å². The topological polar surface area (TPSA) is 201 Å². The Morgan fingerprint density at radius 2 is 1.52 bits per heavy atom. The zero-order chi connectivity index (χ0) is 53.5. The molecule has 0 saturated carbocycles. The SMILES string of the molecule is CC1(C)CCN(Cc2cc(F)c(N3CC(=O)NC4(CCN(c5cc(NCc6cccc(CNC(=O)C(C)(C)CC(C)(C)CNc7cccc8c7C(=O)N(C7CCC(=O)NC7=O)C8=O)c6)ncn5)CC4)C3)cc2F)CC1. The molecule has 5 N–H and O–H groups in total. The number of nitrogens with one attached hydrogen (secondary N) is 5. The summed E-state index contributed by atoms with van der Waals surface area (Å²) in [6, 6.07) is 16.3. The number of hydrogen-bond acceptors (Lipinski definition) is 13. The number of piperazine rings is 1. The third-order valence-electron chi connectivity index (χ3n) is 15.7. The van der Waals surface area contributed by atoms with Crippen LogP contribution >= 0.6 is 0 Å². The van der Waals surface area contributed by atoms with Gasteiger partial charge in [-0.05, 0) is 91.8 Å². The third-order valence-corrected chi connectivity index (χ3v) is 15.7. The van der Waals surface area contributed by atoms with Gasteiger partial charge < -0.3 is 31.1 Å². The lowest BCUT2D eigenvalue weighted by Gasteiger charge is -2.48. The fourth-order valence-corrected chi connectivity index (χ4v) is 11.5. The maximum Gasteiger partial charge on any atom is 0.264 e. The number of benzene rings is 3. The number of likely N-dealkylation sites (tertiary alicyclic amines) is 1. The number of aromatic nitrogens is 2. The van der Waals surface area contributed by atoms with E-state index in [0.717, 1.165) is 47.8 Å². The van der Waals surface area contributed by atoms with Crippen LogP contribution in [0.1, 0.15) is 124 Å². The molecule has 9 rings (SSSR count). The van der Waals surface area contributed by atoms with Gasteiger partial charge in [0.2, 0.25) is 23.6 Å². The van der Waals surface area contributed by atoms with Crippen LogP contribution in [0.4, 0.5) is 31.8 Å². The molecule has 4 aromatic rings. The van der Waals surface area contributed by atoms with Crippen LogP contribution in [0.5, 0.6) is 0 Å². The summed E-state index contributed by atoms with van der Waals surface area (Å²) in [6.45, 7) is 17.0. The summed E-state index contributed by atoms with van der Waals surface area (Å²) < 4.78 is 31.3. The van der Waals surface area contributed by atoms with E-state index in [0.29, 0.717) is 82.1 Å². The van der Waals surface area contributed by atoms with Crippen molar-refractivity contribution in [1.82, 2.24) is 35.7 Å². The fraction of sp³-hybridized carbons (Fsp3) is 0.500. The molecule has 0 aliphatic carbocycles. The molecule has 398 valence electrons. The van der Waals surface area contributed by atoms with Crippen molar-refractivity contribution in [2.45, 2.75) is 118 Å². The second-order valence-electron chi connectivity index (χ2n) is 23.4. The maximum absolute atomic E-state index is 15.8. The zero-order valence-corrected chi connectivity index (χ0v) is 43.8. The number of halogens is 2. The van der Waals surface area contributed by atoms with E-state index in [1.165, 1.54) is 18.5 Å². The van der Waals surface area contributed by atoms with Crippen molar-refractivity contribution in [1.29, 1.82) is 0 Å². The van der Waals surface area contributed by atoms with E-state index in [2.05, 4.69) is 60.2 Å². The Morgan fingerprint density at radius 1 is 0.800 bits per heavy atom. The van der Waals surface area contributed by atoms with E-state index >= 15 is 8.78 Å². The number of amides is 6. The van der Waals surface area contributed by atoms with Crippen molar-refractivity contribution in [2.75, 3.05) is 66.2 Å². The predicted molar refractivity (Wildman–Crippen MR) is 281 cm³/mol. The van der Waals surface area contributed by atoms with E-state index in [-0.39, 0.29) is 53.4 Å². The first-order valence-electron chi connectivity index (χ1n) is 26.1. The zero-order valence-electron chi connectivity index (χ0n) is 43.8. The van der Waals surface area contributed by atoms with Crippen molar-refractivity contribution >= 4 is 58.5 Å². The van der Waals surface area contributed by atoms with Crippen LogP contribution in [0.2, 0.25) is 0 Å². The van der Waals surface area contributed by atoms with Gasteiger partial charge in [-0.25, -0.2) is 18.7 Å². The average Bonchev–Trinajstić information content (AvgIpc) is 3.63. The third kappa shape index (κ3) is 11.9. The maximum atomic E-state index is 15.8. The standard InChI is InChI=1S/C56H69F2N11O6/c1-53(2)15-19-66(20-16-53)29-37-24-40(58)43(25-39(37)57)68-30-47(71)65-56(33-68)17-21-67(22-18-56)45-26-44(62-34-63-45)59-27-35-9-7-10-36(23-35)28-60-52(75)55(5,6)31-54(3,4)32-61-41-12-8-11-38-48(41)51(74)69(50(38)73)42-13-14-46(70)64-49(42)72/h7-12,23-26,34,42,61H,13-22,27-33H2,1-6H3,(H,60,75)(H,65,71)(H,59,62,63)(H,64,70,72). The molecule has 4 saturated heterocycles. The molecule has 4 fully saturated rings. The molecule has 75 heavy (non-hydrogen) atoms. The highest BCUT2D eigenvalue weighted by molar-refractivity contribution is 6.25. The van der Waals surface area contributed by atoms with Crippen LogP contribution in [0.15, 0.2) is 67.0 Å². The van der Waals surface area contributed by atoms with Crippen LogP contribution < -0.4 is 36.4 Å². The predicted octanol–water partition coefficient (Wildman–Crippen LogP) is 6.54. The summed E-state index contributed by atoms with van der Waals surface area (Å²) in [7, 11) is 0. The van der Waals surface area contributed by atoms with E-state index in [9.17, 15) is 28.8 Å². The Kier molecular flexibility index (Phi) is 14.8. The number of carbonyl (C=O) groups excluding carboxylic acids is 6. The van der Waals surface area contributed by atoms with Crippen molar-refractivity contribution in [3.05, 3.63) is 106 Å². The van der Waals surface area contributed by atoms with Crippen LogP contribution in [0, 0.1) is 27.9 Å². The molecule has 6 heterocycles. The fourth-order valence-electron chi connectivity index (χ4n) is 11.5. The molecule has 19 heteroatoms. The molecule has 1 aromatic heterocycles. The van der Waals surface area contributed by atoms with Crippen LogP contribution in [-0.2, 0) is 38.8 Å². The lowest BCUT2D eigenvalue weighted by molar-refractivity contribution is -0.136. The second-order valence-corrected chi connectivity index (χ2v) is 23.4. The quantitative estimate of drug-likeness (QED) is 0.0759. The Bertz CT molecular complexity index is 2890. The van der Waals surface area contributed by atoms with Crippen molar-refractivity contribution in [3.63, 3.8) is 0 Å². The number of piperidine rings is 3. The molecule has 1 unspecified atom stereocenters. The van der Waals surface area contributed by atoms with Gasteiger partial charge in [-0.15, -0.1) is 0 Å². The first-order chi connectivity index (χ1) is 35.6. The van der Waals surface area contributed by atoms with E-state index in [4.69, 9.17) is 0 Å². The molecule has 0 radical (unpaired) electrons. The molecule has 17 nitrogen and oxygen atoms in total. The van der Waals surface area contributed by atoms with E-state index < -0.39 is 57.7 Å². The van der Waals surface area contributed by atoms with Gasteiger partial charge >= 0.3 is 0 Å². The highest BCUT2D eigenvalue weighted by atomic mass is 19.1. The number of carbonyl (C=O) groups is 6. The molecule has 5 aliphatic heterocycles. The second kappa shape index (κ2) is 20.9. The van der Waals surface area contributed by atoms with E-state index in [1.807, 2.05) is 58.0 Å². The molecular weight excluding hydrogens is 961 g/mol. The molecule has 1 atom stereocenters. The Labute approximate surface area is 437 Å². The minimum absolute atomic E-state index is 0.0338. The van der Waals surface area contributed by atoms with Crippen molar-refractivity contribution < 1.29 is 37.5 Å². The van der Waals surface area contributed by atoms with Crippen LogP contribution in [0.25, 0.3) is 0 Å². The number of fused-ring (bicyclic) bond motifs is 1. The summed E-state index contributed by atoms with van der Waals surface area (Å²) in [5, 5.41) is 15.3. The number of imide groups is 2. The van der Waals surface area contributed by atoms with E-state index in [1.54, 1.807) is 23.1 Å². The lowest BCUT2D eigenvalue weighted by atomic mass is 9.74. The number of rotatable bonds is 16. The number of nitrogens with zero attached hydrogens (tertiary/aromatic N) is 6. The van der Waals surface area contributed by atoms with Crippen LogP contribution in [0.3, 0.4) is 0 Å². The molecule has 6 amide bonds. The average molecular weight is 1030 g/mol. The largest absolute Gasteiger partial charge is 0.384 e. The minimum Gasteiger partial charge on any atom is -0.384 e. The summed E-state index contributed by atoms with van der Waals surface area (Å²) in [5.74, 6) is -2.23. The highest BCUT2D eigenvalue weighted by Crippen LogP contribution is 2.38. The van der Waals surface area contributed by atoms with Crippen molar-refractivity contribution in [3.8, 4) is 0 Å². The number of anilines is 4. The summed E-state index contributed by atoms with van der Waals surface area (Å²) in [6.07, 6.45) is 5.30. The normalized spacial score (nSPS) is 20.0. The van der Waals surface area contributed by atoms with Gasteiger partial charge in [0.15, 0.2) is 0 Å². The van der Waals surface area contributed by atoms with Gasteiger partial charge in [0.25, 0.3) is 11.8 Å². The van der Waals surface area contributed by atoms with Gasteiger partial charge in [-0.1, -0.05) is 71.9 Å². The molecule has 5 aliphatic rings. The molecule has 1 spiro atoms. The minimum atomic E-state index is -1.06. The first-order valence-corrected chi connectivity index (χ1v) is 26.1. The Hall–Kier alpha value is -7.02. The Balaban J connectivity index is 0.742. The smallest absolute Gasteiger partial charge is 0.264 e. The van der Waals surface area contributed by atoms with Crippen LogP contribution in [-0.4, -0.2) is 113 Å². The lowest BCUT2D eigenvalue weighted by Crippen LogP contribution is -2.66. The van der Waals surface area contributed by atoms with Gasteiger partial charge in [0, 0.05) is 81.0 Å². The van der Waals surface area contributed by atoms with Gasteiger partial charge in [-0.2, -0.15) is 0 Å². The molecule has 3 aromatic carbocycles. The molecular formula is C56H69F2N11O6. The summed E-state index contributed by atoms with van der Waals surface area (Å²) in [5.41, 5.74) is 1.60. The number of hydrogen-bond donors (Lipinski definition) is 5. The first kappa shape index (κ1) is 52.8.